The third-order valence-electron chi connectivity index (χ3n) is 1.71. The van der Waals surface area contributed by atoms with E-state index in [2.05, 4.69) is 0 Å². The van der Waals surface area contributed by atoms with Crippen LogP contribution in [0.2, 0.25) is 0 Å². The minimum atomic E-state index is 0.663. The number of fused-ring (bicyclic) bond motifs is 1. The Bertz CT molecular complexity index is 392. The van der Waals surface area contributed by atoms with Crippen molar-refractivity contribution in [3.63, 3.8) is 0 Å². The highest BCUT2D eigenvalue weighted by Crippen LogP contribution is 2.29. The largest absolute Gasteiger partial charge is 0.397 e. The predicted octanol–water partition coefficient (Wildman–Crippen LogP) is 2.07. The smallest absolute Gasteiger partial charge is 0.0635 e. The second-order valence-electron chi connectivity index (χ2n) is 2.40. The van der Waals surface area contributed by atoms with Gasteiger partial charge >= 0.3 is 0 Å². The highest BCUT2D eigenvalue weighted by Gasteiger charge is 2.00. The van der Waals surface area contributed by atoms with E-state index in [1.165, 1.54) is 4.70 Å². The van der Waals surface area contributed by atoms with Gasteiger partial charge in [-0.3, -0.25) is 0 Å². The van der Waals surface area contributed by atoms with Gasteiger partial charge < -0.3 is 11.5 Å². The predicted molar refractivity (Wildman–Crippen MR) is 50.6 cm³/mol. The molecule has 0 unspecified atom stereocenters. The van der Waals surface area contributed by atoms with Gasteiger partial charge in [-0.15, -0.1) is 11.3 Å². The molecule has 0 radical (unpaired) electrons. The zero-order chi connectivity index (χ0) is 7.84. The molecule has 1 heterocycles. The molecule has 0 saturated carbocycles. The van der Waals surface area contributed by atoms with E-state index in [0.29, 0.717) is 11.4 Å². The first-order valence-electron chi connectivity index (χ1n) is 3.30. The number of nitrogen functional groups attached to an aromatic ring is 2. The number of rotatable bonds is 0. The quantitative estimate of drug-likeness (QED) is 0.585. The SMILES string of the molecule is Nc1ccc2sccc2c1N. The van der Waals surface area contributed by atoms with Gasteiger partial charge in [0.05, 0.1) is 11.4 Å². The maximum absolute atomic E-state index is 5.74. The van der Waals surface area contributed by atoms with Crippen LogP contribution < -0.4 is 11.5 Å². The molecule has 11 heavy (non-hydrogen) atoms. The highest BCUT2D eigenvalue weighted by atomic mass is 32.1. The van der Waals surface area contributed by atoms with Crippen LogP contribution in [0.5, 0.6) is 0 Å². The Morgan fingerprint density at radius 2 is 1.91 bits per heavy atom. The van der Waals surface area contributed by atoms with Crippen LogP contribution in [-0.4, -0.2) is 0 Å². The van der Waals surface area contributed by atoms with E-state index in [1.54, 1.807) is 11.3 Å². The maximum atomic E-state index is 5.74. The Morgan fingerprint density at radius 1 is 1.09 bits per heavy atom. The molecular formula is C8H8N2S. The number of nitrogens with two attached hydrogens (primary N) is 2. The molecule has 0 spiro atoms. The Balaban J connectivity index is 2.93. The summed E-state index contributed by atoms with van der Waals surface area (Å²) in [4.78, 5) is 0. The number of hydrogen-bond acceptors (Lipinski definition) is 3. The van der Waals surface area contributed by atoms with Gasteiger partial charge in [0, 0.05) is 10.1 Å². The number of anilines is 2. The monoisotopic (exact) mass is 164 g/mol. The summed E-state index contributed by atoms with van der Waals surface area (Å²) in [5.74, 6) is 0. The van der Waals surface area contributed by atoms with Crippen LogP contribution >= 0.6 is 11.3 Å². The molecule has 0 saturated heterocycles. The van der Waals surface area contributed by atoms with Gasteiger partial charge in [-0.1, -0.05) is 0 Å². The van der Waals surface area contributed by atoms with Gasteiger partial charge in [0.15, 0.2) is 0 Å². The van der Waals surface area contributed by atoms with Gasteiger partial charge in [0.2, 0.25) is 0 Å². The molecule has 2 rings (SSSR count). The fourth-order valence-electron chi connectivity index (χ4n) is 1.08. The second kappa shape index (κ2) is 2.13. The third-order valence-corrected chi connectivity index (χ3v) is 2.59. The minimum absolute atomic E-state index is 0.663. The molecule has 3 heteroatoms. The molecule has 0 amide bonds. The summed E-state index contributed by atoms with van der Waals surface area (Å²) in [6.45, 7) is 0. The summed E-state index contributed by atoms with van der Waals surface area (Å²) in [5, 5.41) is 3.08. The van der Waals surface area contributed by atoms with E-state index in [1.807, 2.05) is 23.6 Å². The Morgan fingerprint density at radius 3 is 2.73 bits per heavy atom. The van der Waals surface area contributed by atoms with Crippen molar-refractivity contribution in [1.29, 1.82) is 0 Å². The van der Waals surface area contributed by atoms with E-state index in [9.17, 15) is 0 Å². The van der Waals surface area contributed by atoms with E-state index in [-0.39, 0.29) is 0 Å². The van der Waals surface area contributed by atoms with Crippen LogP contribution in [0.25, 0.3) is 10.1 Å². The molecule has 2 aromatic rings. The first-order valence-corrected chi connectivity index (χ1v) is 4.18. The standard InChI is InChI=1S/C8H8N2S/c9-6-1-2-7-5(8(6)10)3-4-11-7/h1-4H,9-10H2. The van der Waals surface area contributed by atoms with E-state index in [4.69, 9.17) is 11.5 Å². The van der Waals surface area contributed by atoms with Gasteiger partial charge in [0.1, 0.15) is 0 Å². The van der Waals surface area contributed by atoms with Crippen LogP contribution in [0.1, 0.15) is 0 Å². The fraction of sp³-hybridized carbons (Fsp3) is 0. The van der Waals surface area contributed by atoms with E-state index in [0.717, 1.165) is 5.39 Å². The van der Waals surface area contributed by atoms with Crippen LogP contribution in [-0.2, 0) is 0 Å². The van der Waals surface area contributed by atoms with Crippen molar-refractivity contribution in [2.24, 2.45) is 0 Å². The lowest BCUT2D eigenvalue weighted by Gasteiger charge is -1.99. The number of hydrogen-bond donors (Lipinski definition) is 2. The summed E-state index contributed by atoms with van der Waals surface area (Å²) >= 11 is 1.67. The zero-order valence-electron chi connectivity index (χ0n) is 5.87. The fourth-order valence-corrected chi connectivity index (χ4v) is 1.89. The van der Waals surface area contributed by atoms with Gasteiger partial charge in [0.25, 0.3) is 0 Å². The zero-order valence-corrected chi connectivity index (χ0v) is 6.69. The average molecular weight is 164 g/mol. The normalized spacial score (nSPS) is 10.5. The lowest BCUT2D eigenvalue weighted by atomic mass is 10.2. The molecule has 2 nitrogen and oxygen atoms in total. The highest BCUT2D eigenvalue weighted by molar-refractivity contribution is 7.17. The number of thiophene rings is 1. The molecule has 0 aliphatic heterocycles. The lowest BCUT2D eigenvalue weighted by Crippen LogP contribution is -1.93. The molecule has 1 aromatic heterocycles. The number of benzene rings is 1. The Hall–Kier alpha value is -1.22. The lowest BCUT2D eigenvalue weighted by molar-refractivity contribution is 1.75. The van der Waals surface area contributed by atoms with Crippen LogP contribution in [0, 0.1) is 0 Å². The molecule has 0 aliphatic rings. The van der Waals surface area contributed by atoms with Gasteiger partial charge in [-0.25, -0.2) is 0 Å². The van der Waals surface area contributed by atoms with Crippen LogP contribution in [0.3, 0.4) is 0 Å². The molecule has 0 atom stereocenters. The summed E-state index contributed by atoms with van der Waals surface area (Å²) in [6, 6.07) is 5.82. The first kappa shape index (κ1) is 6.49. The Kier molecular flexibility index (Phi) is 1.26. The van der Waals surface area contributed by atoms with E-state index >= 15 is 0 Å². The van der Waals surface area contributed by atoms with Gasteiger partial charge in [-0.2, -0.15) is 0 Å². The summed E-state index contributed by atoms with van der Waals surface area (Å²) in [7, 11) is 0. The van der Waals surface area contributed by atoms with Crippen molar-refractivity contribution < 1.29 is 0 Å². The second-order valence-corrected chi connectivity index (χ2v) is 3.35. The van der Waals surface area contributed by atoms with Crippen LogP contribution in [0.4, 0.5) is 11.4 Å². The van der Waals surface area contributed by atoms with Crippen molar-refractivity contribution in [3.05, 3.63) is 23.6 Å². The molecule has 56 valence electrons. The first-order chi connectivity index (χ1) is 5.29. The minimum Gasteiger partial charge on any atom is -0.397 e. The van der Waals surface area contributed by atoms with Crippen LogP contribution in [0.15, 0.2) is 23.6 Å². The molecule has 1 aromatic carbocycles. The van der Waals surface area contributed by atoms with Crippen molar-refractivity contribution >= 4 is 32.8 Å². The van der Waals surface area contributed by atoms with Crippen molar-refractivity contribution in [2.75, 3.05) is 11.5 Å². The molecule has 0 fully saturated rings. The van der Waals surface area contributed by atoms with Crippen molar-refractivity contribution in [2.45, 2.75) is 0 Å². The summed E-state index contributed by atoms with van der Waals surface area (Å²) in [6.07, 6.45) is 0. The van der Waals surface area contributed by atoms with Crippen molar-refractivity contribution in [3.8, 4) is 0 Å². The third kappa shape index (κ3) is 0.851. The summed E-state index contributed by atoms with van der Waals surface area (Å²) < 4.78 is 1.19. The molecule has 0 bridgehead atoms. The average Bonchev–Trinajstić information content (AvgIpc) is 2.45. The van der Waals surface area contributed by atoms with Crippen molar-refractivity contribution in [1.82, 2.24) is 0 Å². The topological polar surface area (TPSA) is 52.0 Å². The van der Waals surface area contributed by atoms with E-state index < -0.39 is 0 Å². The molecular weight excluding hydrogens is 156 g/mol. The Labute approximate surface area is 68.4 Å². The summed E-state index contributed by atoms with van der Waals surface area (Å²) in [5.41, 5.74) is 12.7. The molecule has 0 aliphatic carbocycles. The molecule has 4 N–H and O–H groups in total. The maximum Gasteiger partial charge on any atom is 0.0635 e. The van der Waals surface area contributed by atoms with Gasteiger partial charge in [-0.05, 0) is 23.6 Å².